The van der Waals surface area contributed by atoms with Crippen molar-refractivity contribution < 1.29 is 9.32 Å². The molecule has 3 rings (SSSR count). The van der Waals surface area contributed by atoms with E-state index in [1.165, 1.54) is 0 Å². The minimum absolute atomic E-state index is 0.0531. The number of fused-ring (bicyclic) bond motifs is 1. The van der Waals surface area contributed by atoms with Crippen LogP contribution in [0.1, 0.15) is 41.5 Å². The third-order valence-electron chi connectivity index (χ3n) is 4.18. The van der Waals surface area contributed by atoms with Gasteiger partial charge in [-0.1, -0.05) is 12.1 Å². The number of aromatic nitrogens is 2. The summed E-state index contributed by atoms with van der Waals surface area (Å²) in [5.74, 6) is 0.0531. The van der Waals surface area contributed by atoms with Crippen LogP contribution in [0.15, 0.2) is 10.6 Å². The van der Waals surface area contributed by atoms with Gasteiger partial charge >= 0.3 is 0 Å². The lowest BCUT2D eigenvalue weighted by Gasteiger charge is -2.28. The Morgan fingerprint density at radius 2 is 2.32 bits per heavy atom. The highest BCUT2D eigenvalue weighted by atomic mass is 16.5. The predicted octanol–water partition coefficient (Wildman–Crippen LogP) is 2.05. The van der Waals surface area contributed by atoms with Crippen LogP contribution in [-0.4, -0.2) is 46.6 Å². The second kappa shape index (κ2) is 6.04. The summed E-state index contributed by atoms with van der Waals surface area (Å²) in [6.45, 7) is 8.41. The summed E-state index contributed by atoms with van der Waals surface area (Å²) in [6.07, 6.45) is 1.94. The second-order valence-electron chi connectivity index (χ2n) is 5.90. The lowest BCUT2D eigenvalue weighted by atomic mass is 10.1. The summed E-state index contributed by atoms with van der Waals surface area (Å²) in [6, 6.07) is 2.11. The first kappa shape index (κ1) is 15.0. The molecule has 6 nitrogen and oxygen atoms in total. The standard InChI is InChI=1S/C16H22N4O2/c1-4-7-20(12-5-6-17-9-12)16(21)13-8-10(2)18-15-14(13)11(3)19-22-15/h8,12,17H,4-7,9H2,1-3H3. The zero-order valence-corrected chi connectivity index (χ0v) is 13.3. The van der Waals surface area contributed by atoms with E-state index in [1.807, 2.05) is 24.8 Å². The molecule has 0 bridgehead atoms. The van der Waals surface area contributed by atoms with Crippen molar-refractivity contribution in [3.8, 4) is 0 Å². The van der Waals surface area contributed by atoms with Gasteiger partial charge in [-0.25, -0.2) is 4.98 Å². The fourth-order valence-corrected chi connectivity index (χ4v) is 3.14. The van der Waals surface area contributed by atoms with Gasteiger partial charge in [0.15, 0.2) is 0 Å². The van der Waals surface area contributed by atoms with Gasteiger partial charge in [-0.15, -0.1) is 0 Å². The lowest BCUT2D eigenvalue weighted by Crippen LogP contribution is -2.42. The molecule has 1 saturated heterocycles. The van der Waals surface area contributed by atoms with Crippen molar-refractivity contribution in [1.29, 1.82) is 0 Å². The molecule has 1 aliphatic rings. The van der Waals surface area contributed by atoms with E-state index >= 15 is 0 Å². The average molecular weight is 302 g/mol. The Morgan fingerprint density at radius 3 is 3.00 bits per heavy atom. The zero-order valence-electron chi connectivity index (χ0n) is 13.3. The summed E-state index contributed by atoms with van der Waals surface area (Å²) >= 11 is 0. The predicted molar refractivity (Wildman–Crippen MR) is 83.9 cm³/mol. The Bertz CT molecular complexity index is 689. The topological polar surface area (TPSA) is 71.3 Å². The van der Waals surface area contributed by atoms with Crippen LogP contribution in [0, 0.1) is 13.8 Å². The van der Waals surface area contributed by atoms with Crippen LogP contribution >= 0.6 is 0 Å². The van der Waals surface area contributed by atoms with Crippen molar-refractivity contribution >= 4 is 17.0 Å². The fraction of sp³-hybridized carbons (Fsp3) is 0.562. The minimum Gasteiger partial charge on any atom is -0.336 e. The monoisotopic (exact) mass is 302 g/mol. The maximum atomic E-state index is 13.1. The van der Waals surface area contributed by atoms with E-state index in [-0.39, 0.29) is 11.9 Å². The first-order valence-corrected chi connectivity index (χ1v) is 7.87. The Labute approximate surface area is 129 Å². The molecule has 1 aliphatic heterocycles. The molecule has 0 radical (unpaired) electrons. The van der Waals surface area contributed by atoms with Gasteiger partial charge in [0.05, 0.1) is 16.6 Å². The molecular weight excluding hydrogens is 280 g/mol. The second-order valence-corrected chi connectivity index (χ2v) is 5.90. The highest BCUT2D eigenvalue weighted by Gasteiger charge is 2.29. The maximum Gasteiger partial charge on any atom is 0.258 e. The first-order valence-electron chi connectivity index (χ1n) is 7.87. The van der Waals surface area contributed by atoms with Crippen LogP contribution in [0.25, 0.3) is 11.1 Å². The molecule has 118 valence electrons. The van der Waals surface area contributed by atoms with Crippen molar-refractivity contribution in [2.24, 2.45) is 0 Å². The number of aryl methyl sites for hydroxylation is 2. The van der Waals surface area contributed by atoms with Gasteiger partial charge in [0.25, 0.3) is 11.6 Å². The van der Waals surface area contributed by atoms with Gasteiger partial charge in [-0.3, -0.25) is 4.79 Å². The molecule has 1 atom stereocenters. The van der Waals surface area contributed by atoms with Gasteiger partial charge < -0.3 is 14.7 Å². The third kappa shape index (κ3) is 2.59. The van der Waals surface area contributed by atoms with Gasteiger partial charge in [0.2, 0.25) is 0 Å². The Morgan fingerprint density at radius 1 is 1.50 bits per heavy atom. The SMILES string of the molecule is CCCN(C(=O)c1cc(C)nc2onc(C)c12)C1CCNC1. The number of nitrogens with zero attached hydrogens (tertiary/aromatic N) is 3. The van der Waals surface area contributed by atoms with E-state index in [4.69, 9.17) is 4.52 Å². The molecule has 1 N–H and O–H groups in total. The van der Waals surface area contributed by atoms with Crippen LogP contribution < -0.4 is 5.32 Å². The number of hydrogen-bond acceptors (Lipinski definition) is 5. The molecule has 0 aromatic carbocycles. The number of pyridine rings is 1. The van der Waals surface area contributed by atoms with Gasteiger partial charge in [-0.2, -0.15) is 0 Å². The number of amides is 1. The van der Waals surface area contributed by atoms with Crippen LogP contribution in [0.4, 0.5) is 0 Å². The normalized spacial score (nSPS) is 18.0. The molecule has 0 aliphatic carbocycles. The van der Waals surface area contributed by atoms with Crippen LogP contribution in [0.5, 0.6) is 0 Å². The minimum atomic E-state index is 0.0531. The number of hydrogen-bond donors (Lipinski definition) is 1. The summed E-state index contributed by atoms with van der Waals surface area (Å²) in [5.41, 5.74) is 2.59. The van der Waals surface area contributed by atoms with Crippen molar-refractivity contribution in [3.63, 3.8) is 0 Å². The zero-order chi connectivity index (χ0) is 15.7. The summed E-state index contributed by atoms with van der Waals surface area (Å²) in [7, 11) is 0. The molecule has 0 spiro atoms. The van der Waals surface area contributed by atoms with Gasteiger partial charge in [-0.05, 0) is 39.3 Å². The molecular formula is C16H22N4O2. The number of carbonyl (C=O) groups is 1. The van der Waals surface area contributed by atoms with E-state index in [9.17, 15) is 4.79 Å². The Kier molecular flexibility index (Phi) is 4.11. The van der Waals surface area contributed by atoms with Crippen molar-refractivity contribution in [2.75, 3.05) is 19.6 Å². The largest absolute Gasteiger partial charge is 0.336 e. The van der Waals surface area contributed by atoms with Crippen molar-refractivity contribution in [2.45, 2.75) is 39.7 Å². The maximum absolute atomic E-state index is 13.1. The molecule has 22 heavy (non-hydrogen) atoms. The number of carbonyl (C=O) groups excluding carboxylic acids is 1. The van der Waals surface area contributed by atoms with E-state index in [1.54, 1.807) is 0 Å². The van der Waals surface area contributed by atoms with E-state index in [0.717, 1.165) is 43.6 Å². The van der Waals surface area contributed by atoms with Crippen LogP contribution in [0.2, 0.25) is 0 Å². The first-order chi connectivity index (χ1) is 10.6. The van der Waals surface area contributed by atoms with Crippen LogP contribution in [0.3, 0.4) is 0 Å². The quantitative estimate of drug-likeness (QED) is 0.936. The van der Waals surface area contributed by atoms with E-state index < -0.39 is 0 Å². The van der Waals surface area contributed by atoms with Crippen molar-refractivity contribution in [1.82, 2.24) is 20.4 Å². The third-order valence-corrected chi connectivity index (χ3v) is 4.18. The fourth-order valence-electron chi connectivity index (χ4n) is 3.14. The molecule has 1 amide bonds. The molecule has 1 fully saturated rings. The smallest absolute Gasteiger partial charge is 0.258 e. The van der Waals surface area contributed by atoms with E-state index in [2.05, 4.69) is 22.4 Å². The number of rotatable bonds is 4. The molecule has 0 saturated carbocycles. The van der Waals surface area contributed by atoms with Crippen LogP contribution in [-0.2, 0) is 0 Å². The summed E-state index contributed by atoms with van der Waals surface area (Å²) in [4.78, 5) is 19.5. The highest BCUT2D eigenvalue weighted by molar-refractivity contribution is 6.06. The molecule has 3 heterocycles. The molecule has 2 aromatic rings. The molecule has 6 heteroatoms. The Hall–Kier alpha value is -1.95. The molecule has 1 unspecified atom stereocenters. The highest BCUT2D eigenvalue weighted by Crippen LogP contribution is 2.24. The Balaban J connectivity index is 2.04. The van der Waals surface area contributed by atoms with Crippen molar-refractivity contribution in [3.05, 3.63) is 23.0 Å². The van der Waals surface area contributed by atoms with Gasteiger partial charge in [0.1, 0.15) is 0 Å². The number of nitrogens with one attached hydrogen (secondary N) is 1. The van der Waals surface area contributed by atoms with E-state index in [0.29, 0.717) is 17.0 Å². The summed E-state index contributed by atoms with van der Waals surface area (Å²) < 4.78 is 5.24. The summed E-state index contributed by atoms with van der Waals surface area (Å²) in [5, 5.41) is 8.04. The average Bonchev–Trinajstić information content (AvgIpc) is 3.14. The van der Waals surface area contributed by atoms with Gasteiger partial charge in [0, 0.05) is 24.8 Å². The lowest BCUT2D eigenvalue weighted by molar-refractivity contribution is 0.0694. The molecule has 2 aromatic heterocycles.